The average Bonchev–Trinajstić information content (AvgIpc) is 3.09. The van der Waals surface area contributed by atoms with Crippen molar-refractivity contribution < 1.29 is 9.53 Å². The molecule has 0 unspecified atom stereocenters. The lowest BCUT2D eigenvalue weighted by molar-refractivity contribution is -0.151. The van der Waals surface area contributed by atoms with Crippen LogP contribution in [0, 0.1) is 0 Å². The summed E-state index contributed by atoms with van der Waals surface area (Å²) >= 11 is 0. The monoisotopic (exact) mass is 278 g/mol. The van der Waals surface area contributed by atoms with Gasteiger partial charge < -0.3 is 15.0 Å². The van der Waals surface area contributed by atoms with Crippen LogP contribution in [0.2, 0.25) is 0 Å². The molecule has 2 aliphatic rings. The molecule has 0 bridgehead atoms. The van der Waals surface area contributed by atoms with Crippen LogP contribution in [-0.4, -0.2) is 52.9 Å². The fraction of sp³-hybridized carbons (Fsp3) is 0.714. The Morgan fingerprint density at radius 3 is 3.10 bits per heavy atom. The molecule has 2 saturated heterocycles. The fourth-order valence-corrected chi connectivity index (χ4v) is 3.04. The highest BCUT2D eigenvalue weighted by Crippen LogP contribution is 2.29. The molecular weight excluding hydrogens is 256 g/mol. The van der Waals surface area contributed by atoms with Gasteiger partial charge >= 0.3 is 0 Å². The van der Waals surface area contributed by atoms with Crippen LogP contribution >= 0.6 is 0 Å². The van der Waals surface area contributed by atoms with Crippen LogP contribution in [0.1, 0.15) is 25.3 Å². The van der Waals surface area contributed by atoms with Crippen LogP contribution in [0.3, 0.4) is 0 Å². The van der Waals surface area contributed by atoms with Crippen LogP contribution in [0.15, 0.2) is 12.4 Å². The van der Waals surface area contributed by atoms with E-state index < -0.39 is 5.60 Å². The Morgan fingerprint density at radius 2 is 2.45 bits per heavy atom. The fourth-order valence-electron chi connectivity index (χ4n) is 3.04. The highest BCUT2D eigenvalue weighted by atomic mass is 16.5. The number of aromatic nitrogens is 2. The van der Waals surface area contributed by atoms with Gasteiger partial charge in [-0.3, -0.25) is 9.48 Å². The Kier molecular flexibility index (Phi) is 3.52. The SMILES string of the molecule is Cn1cc([C@]2(C)CN(C(=O)[C@H]3CCCN3)CCO2)cn1. The molecule has 3 heterocycles. The van der Waals surface area contributed by atoms with E-state index in [4.69, 9.17) is 4.74 Å². The third kappa shape index (κ3) is 2.45. The molecule has 6 heteroatoms. The highest BCUT2D eigenvalue weighted by molar-refractivity contribution is 5.82. The topological polar surface area (TPSA) is 59.4 Å². The van der Waals surface area contributed by atoms with Crippen molar-refractivity contribution >= 4 is 5.91 Å². The van der Waals surface area contributed by atoms with Gasteiger partial charge in [0.15, 0.2) is 0 Å². The molecule has 0 radical (unpaired) electrons. The number of nitrogens with one attached hydrogen (secondary N) is 1. The normalized spacial score (nSPS) is 30.7. The largest absolute Gasteiger partial charge is 0.367 e. The molecule has 2 atom stereocenters. The lowest BCUT2D eigenvalue weighted by atomic mass is 9.96. The van der Waals surface area contributed by atoms with Gasteiger partial charge in [0.1, 0.15) is 5.60 Å². The molecule has 6 nitrogen and oxygen atoms in total. The number of aryl methyl sites for hydroxylation is 1. The maximum Gasteiger partial charge on any atom is 0.239 e. The predicted octanol–water partition coefficient (Wildman–Crippen LogP) is 0.246. The smallest absolute Gasteiger partial charge is 0.239 e. The van der Waals surface area contributed by atoms with E-state index in [1.165, 1.54) is 0 Å². The van der Waals surface area contributed by atoms with Crippen LogP contribution in [0.25, 0.3) is 0 Å². The number of hydrogen-bond acceptors (Lipinski definition) is 4. The first-order chi connectivity index (χ1) is 9.58. The average molecular weight is 278 g/mol. The number of ether oxygens (including phenoxy) is 1. The van der Waals surface area contributed by atoms with Crippen molar-refractivity contribution in [3.63, 3.8) is 0 Å². The van der Waals surface area contributed by atoms with Crippen LogP contribution in [-0.2, 0) is 22.2 Å². The standard InChI is InChI=1S/C14H22N4O2/c1-14(11-8-16-17(2)9-11)10-18(6-7-20-14)13(19)12-4-3-5-15-12/h8-9,12,15H,3-7,10H2,1-2H3/t12-,14+/m1/s1. The number of carbonyl (C=O) groups is 1. The quantitative estimate of drug-likeness (QED) is 0.842. The molecule has 2 aliphatic heterocycles. The zero-order valence-electron chi connectivity index (χ0n) is 12.1. The van der Waals surface area contributed by atoms with Crippen molar-refractivity contribution in [3.05, 3.63) is 18.0 Å². The first-order valence-corrected chi connectivity index (χ1v) is 7.24. The molecule has 0 spiro atoms. The minimum atomic E-state index is -0.458. The van der Waals surface area contributed by atoms with Crippen LogP contribution in [0.4, 0.5) is 0 Å². The summed E-state index contributed by atoms with van der Waals surface area (Å²) in [6.45, 7) is 4.82. The van der Waals surface area contributed by atoms with Gasteiger partial charge in [-0.2, -0.15) is 5.10 Å². The maximum atomic E-state index is 12.5. The van der Waals surface area contributed by atoms with Gasteiger partial charge in [-0.1, -0.05) is 0 Å². The molecule has 1 aromatic heterocycles. The second-order valence-corrected chi connectivity index (χ2v) is 5.89. The summed E-state index contributed by atoms with van der Waals surface area (Å²) in [5.74, 6) is 0.209. The summed E-state index contributed by atoms with van der Waals surface area (Å²) in [5.41, 5.74) is 0.567. The second-order valence-electron chi connectivity index (χ2n) is 5.89. The van der Waals surface area contributed by atoms with E-state index >= 15 is 0 Å². The molecule has 0 aromatic carbocycles. The predicted molar refractivity (Wildman–Crippen MR) is 74.1 cm³/mol. The summed E-state index contributed by atoms with van der Waals surface area (Å²) in [6.07, 6.45) is 5.81. The van der Waals surface area contributed by atoms with Crippen molar-refractivity contribution in [1.82, 2.24) is 20.0 Å². The lowest BCUT2D eigenvalue weighted by Crippen LogP contribution is -2.54. The molecule has 110 valence electrons. The molecule has 20 heavy (non-hydrogen) atoms. The molecule has 1 aromatic rings. The van der Waals surface area contributed by atoms with Gasteiger partial charge in [-0.25, -0.2) is 0 Å². The Hall–Kier alpha value is -1.40. The van der Waals surface area contributed by atoms with Crippen molar-refractivity contribution in [2.45, 2.75) is 31.4 Å². The summed E-state index contributed by atoms with van der Waals surface area (Å²) in [7, 11) is 1.89. The first-order valence-electron chi connectivity index (χ1n) is 7.24. The third-order valence-corrected chi connectivity index (χ3v) is 4.26. The Bertz CT molecular complexity index is 495. The minimum Gasteiger partial charge on any atom is -0.367 e. The van der Waals surface area contributed by atoms with Crippen molar-refractivity contribution in [3.8, 4) is 0 Å². The minimum absolute atomic E-state index is 0.00810. The number of carbonyl (C=O) groups excluding carboxylic acids is 1. The first kappa shape index (κ1) is 13.6. The number of amides is 1. The lowest BCUT2D eigenvalue weighted by Gasteiger charge is -2.40. The highest BCUT2D eigenvalue weighted by Gasteiger charge is 2.38. The number of morpholine rings is 1. The molecule has 0 aliphatic carbocycles. The van der Waals surface area contributed by atoms with Crippen molar-refractivity contribution in [1.29, 1.82) is 0 Å². The van der Waals surface area contributed by atoms with E-state index in [-0.39, 0.29) is 11.9 Å². The van der Waals surface area contributed by atoms with E-state index in [9.17, 15) is 4.79 Å². The van der Waals surface area contributed by atoms with E-state index in [0.29, 0.717) is 19.7 Å². The van der Waals surface area contributed by atoms with Crippen LogP contribution in [0.5, 0.6) is 0 Å². The summed E-state index contributed by atoms with van der Waals surface area (Å²) in [4.78, 5) is 14.4. The van der Waals surface area contributed by atoms with Gasteiger partial charge in [0.05, 0.1) is 25.4 Å². The van der Waals surface area contributed by atoms with Crippen LogP contribution < -0.4 is 5.32 Å². The summed E-state index contributed by atoms with van der Waals surface area (Å²) in [6, 6.07) is -0.00810. The Morgan fingerprint density at radius 1 is 1.60 bits per heavy atom. The number of rotatable bonds is 2. The zero-order valence-corrected chi connectivity index (χ0v) is 12.1. The molecule has 2 fully saturated rings. The van der Waals surface area contributed by atoms with Gasteiger partial charge in [-0.15, -0.1) is 0 Å². The van der Waals surface area contributed by atoms with E-state index in [1.807, 2.05) is 31.3 Å². The van der Waals surface area contributed by atoms with E-state index in [2.05, 4.69) is 10.4 Å². The second kappa shape index (κ2) is 5.18. The Labute approximate surface area is 119 Å². The van der Waals surface area contributed by atoms with E-state index in [0.717, 1.165) is 24.9 Å². The van der Waals surface area contributed by atoms with Gasteiger partial charge in [0.2, 0.25) is 5.91 Å². The summed E-state index contributed by atoms with van der Waals surface area (Å²) in [5, 5.41) is 7.48. The van der Waals surface area contributed by atoms with Crippen molar-refractivity contribution in [2.75, 3.05) is 26.2 Å². The summed E-state index contributed by atoms with van der Waals surface area (Å²) < 4.78 is 7.71. The van der Waals surface area contributed by atoms with Gasteiger partial charge in [0, 0.05) is 25.4 Å². The molecule has 1 N–H and O–H groups in total. The molecule has 3 rings (SSSR count). The van der Waals surface area contributed by atoms with Crippen molar-refractivity contribution in [2.24, 2.45) is 7.05 Å². The third-order valence-electron chi connectivity index (χ3n) is 4.26. The van der Waals surface area contributed by atoms with E-state index in [1.54, 1.807) is 4.68 Å². The van der Waals surface area contributed by atoms with Gasteiger partial charge in [0.25, 0.3) is 0 Å². The molecule has 0 saturated carbocycles. The number of nitrogens with zero attached hydrogens (tertiary/aromatic N) is 3. The molecule has 1 amide bonds. The number of hydrogen-bond donors (Lipinski definition) is 1. The maximum absolute atomic E-state index is 12.5. The van der Waals surface area contributed by atoms with Gasteiger partial charge in [-0.05, 0) is 26.3 Å². The zero-order chi connectivity index (χ0) is 14.2. The Balaban J connectivity index is 1.74. The molecular formula is C14H22N4O2.